The van der Waals surface area contributed by atoms with Gasteiger partial charge in [-0.1, -0.05) is 33.1 Å². The van der Waals surface area contributed by atoms with Gasteiger partial charge in [-0.3, -0.25) is 0 Å². The molecule has 0 amide bonds. The van der Waals surface area contributed by atoms with E-state index in [4.69, 9.17) is 5.73 Å². The van der Waals surface area contributed by atoms with Crippen molar-refractivity contribution < 1.29 is 0 Å². The molecular weight excluding hydrogens is 212 g/mol. The van der Waals surface area contributed by atoms with Crippen LogP contribution in [0.1, 0.15) is 70.3 Å². The zero-order chi connectivity index (χ0) is 12.3. The molecule has 4 heteroatoms. The summed E-state index contributed by atoms with van der Waals surface area (Å²) in [6.07, 6.45) is 9.35. The minimum atomic E-state index is 0.0272. The Balaban J connectivity index is 2.09. The minimum Gasteiger partial charge on any atom is -0.321 e. The van der Waals surface area contributed by atoms with Crippen molar-refractivity contribution in [1.29, 1.82) is 0 Å². The second-order valence-corrected chi connectivity index (χ2v) is 5.62. The first-order chi connectivity index (χ1) is 8.18. The molecule has 0 bridgehead atoms. The number of hydrogen-bond acceptors (Lipinski definition) is 3. The number of aromatic nitrogens is 3. The molecule has 17 heavy (non-hydrogen) atoms. The number of nitrogens with two attached hydrogens (primary N) is 1. The van der Waals surface area contributed by atoms with E-state index in [-0.39, 0.29) is 6.04 Å². The normalized spacial score (nSPS) is 19.8. The van der Waals surface area contributed by atoms with E-state index in [0.717, 1.165) is 12.2 Å². The largest absolute Gasteiger partial charge is 0.321 e. The first-order valence-electron chi connectivity index (χ1n) is 6.83. The van der Waals surface area contributed by atoms with Crippen LogP contribution in [0.3, 0.4) is 0 Å². The summed E-state index contributed by atoms with van der Waals surface area (Å²) in [6.45, 7) is 4.39. The van der Waals surface area contributed by atoms with Crippen LogP contribution >= 0.6 is 0 Å². The lowest BCUT2D eigenvalue weighted by Gasteiger charge is -2.25. The van der Waals surface area contributed by atoms with Gasteiger partial charge in [0.05, 0.1) is 6.04 Å². The van der Waals surface area contributed by atoms with Gasteiger partial charge in [-0.15, -0.1) is 10.2 Å². The highest BCUT2D eigenvalue weighted by molar-refractivity contribution is 4.97. The summed E-state index contributed by atoms with van der Waals surface area (Å²) in [5, 5.41) is 8.29. The Kier molecular flexibility index (Phi) is 4.15. The molecule has 0 aromatic carbocycles. The summed E-state index contributed by atoms with van der Waals surface area (Å²) in [7, 11) is 0. The fraction of sp³-hybridized carbons (Fsp3) is 0.846. The van der Waals surface area contributed by atoms with Crippen LogP contribution in [-0.2, 0) is 0 Å². The maximum atomic E-state index is 6.22. The third-order valence-electron chi connectivity index (χ3n) is 3.63. The third-order valence-corrected chi connectivity index (χ3v) is 3.63. The van der Waals surface area contributed by atoms with Crippen LogP contribution in [0.4, 0.5) is 0 Å². The molecule has 1 aliphatic carbocycles. The maximum absolute atomic E-state index is 6.22. The van der Waals surface area contributed by atoms with Crippen LogP contribution in [-0.4, -0.2) is 14.8 Å². The quantitative estimate of drug-likeness (QED) is 0.874. The van der Waals surface area contributed by atoms with Crippen LogP contribution < -0.4 is 5.73 Å². The zero-order valence-electron chi connectivity index (χ0n) is 11.0. The number of hydrogen-bond donors (Lipinski definition) is 1. The average molecular weight is 236 g/mol. The summed E-state index contributed by atoms with van der Waals surface area (Å²) in [4.78, 5) is 0. The smallest absolute Gasteiger partial charge is 0.150 e. The Labute approximate surface area is 104 Å². The monoisotopic (exact) mass is 236 g/mol. The standard InChI is InChI=1S/C13H24N4/c1-10(2)8-12(14)13-16-15-9-17(13)11-6-4-3-5-7-11/h9-12H,3-8,14H2,1-2H3. The van der Waals surface area contributed by atoms with Gasteiger partial charge in [0.2, 0.25) is 0 Å². The van der Waals surface area contributed by atoms with Crippen LogP contribution in [0.5, 0.6) is 0 Å². The molecule has 1 aromatic rings. The summed E-state index contributed by atoms with van der Waals surface area (Å²) in [5.74, 6) is 1.58. The Hall–Kier alpha value is -0.900. The van der Waals surface area contributed by atoms with Crippen molar-refractivity contribution in [3.8, 4) is 0 Å². The Morgan fingerprint density at radius 3 is 2.71 bits per heavy atom. The molecule has 2 N–H and O–H groups in total. The van der Waals surface area contributed by atoms with Crippen molar-refractivity contribution in [2.75, 3.05) is 0 Å². The van der Waals surface area contributed by atoms with E-state index >= 15 is 0 Å². The van der Waals surface area contributed by atoms with E-state index in [0.29, 0.717) is 12.0 Å². The molecule has 0 saturated heterocycles. The van der Waals surface area contributed by atoms with Crippen LogP contribution in [0.2, 0.25) is 0 Å². The zero-order valence-corrected chi connectivity index (χ0v) is 11.0. The van der Waals surface area contributed by atoms with Gasteiger partial charge in [-0.25, -0.2) is 0 Å². The van der Waals surface area contributed by atoms with Gasteiger partial charge < -0.3 is 10.3 Å². The molecule has 2 rings (SSSR count). The molecule has 1 heterocycles. The van der Waals surface area contributed by atoms with Crippen molar-refractivity contribution >= 4 is 0 Å². The van der Waals surface area contributed by atoms with E-state index in [1.807, 2.05) is 6.33 Å². The molecule has 96 valence electrons. The lowest BCUT2D eigenvalue weighted by molar-refractivity contribution is 0.335. The van der Waals surface area contributed by atoms with Gasteiger partial charge in [0.15, 0.2) is 0 Å². The van der Waals surface area contributed by atoms with E-state index < -0.39 is 0 Å². The van der Waals surface area contributed by atoms with Gasteiger partial charge in [0.25, 0.3) is 0 Å². The molecule has 1 aromatic heterocycles. The average Bonchev–Trinajstić information content (AvgIpc) is 2.78. The maximum Gasteiger partial charge on any atom is 0.150 e. The molecule has 1 saturated carbocycles. The predicted octanol–water partition coefficient (Wildman–Crippen LogP) is 2.83. The Morgan fingerprint density at radius 2 is 2.06 bits per heavy atom. The first kappa shape index (κ1) is 12.6. The summed E-state index contributed by atoms with van der Waals surface area (Å²) < 4.78 is 2.23. The van der Waals surface area contributed by atoms with E-state index in [1.54, 1.807) is 0 Å². The van der Waals surface area contributed by atoms with Crippen molar-refractivity contribution in [3.63, 3.8) is 0 Å². The molecule has 1 aliphatic rings. The lowest BCUT2D eigenvalue weighted by atomic mass is 9.95. The minimum absolute atomic E-state index is 0.0272. The summed E-state index contributed by atoms with van der Waals surface area (Å²) >= 11 is 0. The lowest BCUT2D eigenvalue weighted by Crippen LogP contribution is -2.22. The molecule has 0 aliphatic heterocycles. The van der Waals surface area contributed by atoms with Gasteiger partial charge in [-0.2, -0.15) is 0 Å². The molecule has 4 nitrogen and oxygen atoms in total. The molecule has 0 radical (unpaired) electrons. The van der Waals surface area contributed by atoms with Crippen molar-refractivity contribution in [2.45, 2.75) is 64.5 Å². The van der Waals surface area contributed by atoms with Crippen LogP contribution in [0, 0.1) is 5.92 Å². The predicted molar refractivity (Wildman–Crippen MR) is 68.5 cm³/mol. The molecule has 1 atom stereocenters. The highest BCUT2D eigenvalue weighted by Crippen LogP contribution is 2.30. The Morgan fingerprint density at radius 1 is 1.35 bits per heavy atom. The van der Waals surface area contributed by atoms with Gasteiger partial charge >= 0.3 is 0 Å². The van der Waals surface area contributed by atoms with Gasteiger partial charge in [0.1, 0.15) is 12.2 Å². The Bertz CT molecular complexity index is 339. The van der Waals surface area contributed by atoms with Crippen molar-refractivity contribution in [1.82, 2.24) is 14.8 Å². The molecule has 1 fully saturated rings. The number of nitrogens with zero attached hydrogens (tertiary/aromatic N) is 3. The molecular formula is C13H24N4. The fourth-order valence-electron chi connectivity index (χ4n) is 2.77. The molecule has 1 unspecified atom stereocenters. The van der Waals surface area contributed by atoms with E-state index in [9.17, 15) is 0 Å². The second kappa shape index (κ2) is 5.63. The van der Waals surface area contributed by atoms with Gasteiger partial charge in [0, 0.05) is 6.04 Å². The summed E-state index contributed by atoms with van der Waals surface area (Å²) in [5.41, 5.74) is 6.22. The topological polar surface area (TPSA) is 56.7 Å². The van der Waals surface area contributed by atoms with Crippen molar-refractivity contribution in [2.24, 2.45) is 11.7 Å². The van der Waals surface area contributed by atoms with Crippen molar-refractivity contribution in [3.05, 3.63) is 12.2 Å². The van der Waals surface area contributed by atoms with Crippen LogP contribution in [0.25, 0.3) is 0 Å². The third kappa shape index (κ3) is 3.06. The highest BCUT2D eigenvalue weighted by Gasteiger charge is 2.22. The first-order valence-corrected chi connectivity index (χ1v) is 6.83. The number of rotatable bonds is 4. The highest BCUT2D eigenvalue weighted by atomic mass is 15.3. The molecule has 0 spiro atoms. The van der Waals surface area contributed by atoms with Crippen LogP contribution in [0.15, 0.2) is 6.33 Å². The fourth-order valence-corrected chi connectivity index (χ4v) is 2.77. The van der Waals surface area contributed by atoms with Gasteiger partial charge in [-0.05, 0) is 25.2 Å². The summed E-state index contributed by atoms with van der Waals surface area (Å²) in [6, 6.07) is 0.603. The second-order valence-electron chi connectivity index (χ2n) is 5.62. The van der Waals surface area contributed by atoms with E-state index in [2.05, 4.69) is 28.6 Å². The SMILES string of the molecule is CC(C)CC(N)c1nncn1C1CCCCC1. The van der Waals surface area contributed by atoms with E-state index in [1.165, 1.54) is 32.1 Å².